The van der Waals surface area contributed by atoms with Gasteiger partial charge in [-0.25, -0.2) is 0 Å². The summed E-state index contributed by atoms with van der Waals surface area (Å²) >= 11 is 9.51. The molecule has 3 heteroatoms. The first-order chi connectivity index (χ1) is 7.65. The second-order valence-corrected chi connectivity index (χ2v) is 5.20. The molecule has 0 aliphatic heterocycles. The first-order valence-corrected chi connectivity index (χ1v) is 7.11. The summed E-state index contributed by atoms with van der Waals surface area (Å²) in [6.07, 6.45) is 2.29. The lowest BCUT2D eigenvalue weighted by atomic mass is 10.1. The highest BCUT2D eigenvalue weighted by Crippen LogP contribution is 2.28. The fourth-order valence-electron chi connectivity index (χ4n) is 1.48. The quantitative estimate of drug-likeness (QED) is 0.528. The molecule has 0 N–H and O–H groups in total. The van der Waals surface area contributed by atoms with Crippen molar-refractivity contribution < 1.29 is 4.74 Å². The Morgan fingerprint density at radius 1 is 1.38 bits per heavy atom. The second-order valence-electron chi connectivity index (χ2n) is 4.23. The van der Waals surface area contributed by atoms with Gasteiger partial charge in [-0.1, -0.05) is 47.4 Å². The van der Waals surface area contributed by atoms with Crippen LogP contribution in [0.3, 0.4) is 0 Å². The molecule has 16 heavy (non-hydrogen) atoms. The van der Waals surface area contributed by atoms with Crippen LogP contribution in [0.4, 0.5) is 0 Å². The number of benzene rings is 1. The van der Waals surface area contributed by atoms with Gasteiger partial charge in [0.1, 0.15) is 5.75 Å². The van der Waals surface area contributed by atoms with Crippen LogP contribution >= 0.6 is 27.5 Å². The van der Waals surface area contributed by atoms with E-state index in [2.05, 4.69) is 29.8 Å². The van der Waals surface area contributed by atoms with Gasteiger partial charge in [0.25, 0.3) is 0 Å². The van der Waals surface area contributed by atoms with E-state index in [1.807, 2.05) is 18.2 Å². The average Bonchev–Trinajstić information content (AvgIpc) is 2.24. The van der Waals surface area contributed by atoms with Crippen LogP contribution in [-0.2, 0) is 5.33 Å². The van der Waals surface area contributed by atoms with Crippen molar-refractivity contribution in [3.63, 3.8) is 0 Å². The van der Waals surface area contributed by atoms with Crippen molar-refractivity contribution in [2.24, 2.45) is 5.92 Å². The summed E-state index contributed by atoms with van der Waals surface area (Å²) in [4.78, 5) is 0. The smallest absolute Gasteiger partial charge is 0.124 e. The van der Waals surface area contributed by atoms with Gasteiger partial charge >= 0.3 is 0 Å². The predicted octanol–water partition coefficient (Wildman–Crippen LogP) is 5.05. The highest BCUT2D eigenvalue weighted by molar-refractivity contribution is 9.08. The zero-order valence-electron chi connectivity index (χ0n) is 9.80. The summed E-state index contributed by atoms with van der Waals surface area (Å²) < 4.78 is 5.74. The zero-order valence-corrected chi connectivity index (χ0v) is 12.1. The first-order valence-electron chi connectivity index (χ1n) is 5.61. The van der Waals surface area contributed by atoms with Gasteiger partial charge in [-0.3, -0.25) is 0 Å². The van der Waals surface area contributed by atoms with Gasteiger partial charge < -0.3 is 4.74 Å². The molecule has 1 aromatic carbocycles. The predicted molar refractivity (Wildman–Crippen MR) is 73.7 cm³/mol. The molecule has 90 valence electrons. The van der Waals surface area contributed by atoms with Gasteiger partial charge in [0.2, 0.25) is 0 Å². The SMILES string of the molecule is CC(C)CCCOc1cccc(Cl)c1CBr. The van der Waals surface area contributed by atoms with E-state index in [9.17, 15) is 0 Å². The van der Waals surface area contributed by atoms with Crippen molar-refractivity contribution in [1.29, 1.82) is 0 Å². The normalized spacial score (nSPS) is 10.8. The third-order valence-electron chi connectivity index (χ3n) is 2.39. The largest absolute Gasteiger partial charge is 0.493 e. The van der Waals surface area contributed by atoms with Crippen LogP contribution in [0, 0.1) is 5.92 Å². The highest BCUT2D eigenvalue weighted by atomic mass is 79.9. The van der Waals surface area contributed by atoms with Crippen molar-refractivity contribution in [3.8, 4) is 5.75 Å². The number of hydrogen-bond donors (Lipinski definition) is 0. The lowest BCUT2D eigenvalue weighted by Gasteiger charge is -2.11. The molecule has 0 unspecified atom stereocenters. The van der Waals surface area contributed by atoms with Crippen molar-refractivity contribution in [3.05, 3.63) is 28.8 Å². The van der Waals surface area contributed by atoms with E-state index in [1.54, 1.807) is 0 Å². The topological polar surface area (TPSA) is 9.23 Å². The first kappa shape index (κ1) is 13.9. The molecule has 0 aromatic heterocycles. The van der Waals surface area contributed by atoms with E-state index in [1.165, 1.54) is 6.42 Å². The highest BCUT2D eigenvalue weighted by Gasteiger charge is 2.06. The Morgan fingerprint density at radius 3 is 2.75 bits per heavy atom. The van der Waals surface area contributed by atoms with Crippen LogP contribution in [0.2, 0.25) is 5.02 Å². The zero-order chi connectivity index (χ0) is 12.0. The van der Waals surface area contributed by atoms with Crippen molar-refractivity contribution in [2.45, 2.75) is 32.0 Å². The van der Waals surface area contributed by atoms with Gasteiger partial charge in [0, 0.05) is 15.9 Å². The number of alkyl halides is 1. The Bertz CT molecular complexity index is 326. The van der Waals surface area contributed by atoms with Gasteiger partial charge in [-0.15, -0.1) is 0 Å². The third-order valence-corrected chi connectivity index (χ3v) is 3.31. The minimum atomic E-state index is 0.728. The van der Waals surface area contributed by atoms with Gasteiger partial charge in [0.15, 0.2) is 0 Å². The minimum absolute atomic E-state index is 0.728. The van der Waals surface area contributed by atoms with Crippen LogP contribution in [0.5, 0.6) is 5.75 Å². The fourth-order valence-corrected chi connectivity index (χ4v) is 2.45. The molecule has 0 heterocycles. The molecule has 1 rings (SSSR count). The van der Waals surface area contributed by atoms with E-state index in [4.69, 9.17) is 16.3 Å². The number of ether oxygens (including phenoxy) is 1. The average molecular weight is 306 g/mol. The summed E-state index contributed by atoms with van der Waals surface area (Å²) in [7, 11) is 0. The molecule has 0 aliphatic carbocycles. The summed E-state index contributed by atoms with van der Waals surface area (Å²) in [6, 6.07) is 5.78. The molecular weight excluding hydrogens is 287 g/mol. The molecule has 0 atom stereocenters. The molecule has 0 spiro atoms. The molecule has 0 radical (unpaired) electrons. The molecule has 0 saturated heterocycles. The Morgan fingerprint density at radius 2 is 2.12 bits per heavy atom. The third kappa shape index (κ3) is 4.34. The Hall–Kier alpha value is -0.210. The van der Waals surface area contributed by atoms with E-state index < -0.39 is 0 Å². The van der Waals surface area contributed by atoms with E-state index >= 15 is 0 Å². The van der Waals surface area contributed by atoms with Crippen molar-refractivity contribution in [2.75, 3.05) is 6.61 Å². The van der Waals surface area contributed by atoms with Crippen LogP contribution in [-0.4, -0.2) is 6.61 Å². The summed E-state index contributed by atoms with van der Waals surface area (Å²) in [5, 5.41) is 1.49. The lowest BCUT2D eigenvalue weighted by molar-refractivity contribution is 0.296. The molecule has 1 aromatic rings. The van der Waals surface area contributed by atoms with E-state index in [0.29, 0.717) is 0 Å². The summed E-state index contributed by atoms with van der Waals surface area (Å²) in [5.74, 6) is 1.63. The van der Waals surface area contributed by atoms with Gasteiger partial charge in [-0.2, -0.15) is 0 Å². The van der Waals surface area contributed by atoms with E-state index in [0.717, 1.165) is 40.6 Å². The lowest BCUT2D eigenvalue weighted by Crippen LogP contribution is -2.01. The Kier molecular flexibility index (Phi) is 6.22. The fraction of sp³-hybridized carbons (Fsp3) is 0.538. The maximum absolute atomic E-state index is 6.08. The van der Waals surface area contributed by atoms with Crippen molar-refractivity contribution >= 4 is 27.5 Å². The minimum Gasteiger partial charge on any atom is -0.493 e. The Labute approximate surface area is 111 Å². The molecule has 0 aliphatic rings. The van der Waals surface area contributed by atoms with Crippen LogP contribution in [0.15, 0.2) is 18.2 Å². The molecule has 0 fully saturated rings. The van der Waals surface area contributed by atoms with E-state index in [-0.39, 0.29) is 0 Å². The van der Waals surface area contributed by atoms with Gasteiger partial charge in [-0.05, 0) is 30.9 Å². The molecule has 0 amide bonds. The van der Waals surface area contributed by atoms with Crippen molar-refractivity contribution in [1.82, 2.24) is 0 Å². The maximum Gasteiger partial charge on any atom is 0.124 e. The standard InChI is InChI=1S/C13H18BrClO/c1-10(2)5-4-8-16-13-7-3-6-12(15)11(13)9-14/h3,6-7,10H,4-5,8-9H2,1-2H3. The monoisotopic (exact) mass is 304 g/mol. The maximum atomic E-state index is 6.08. The summed E-state index contributed by atoms with van der Waals surface area (Å²) in [6.45, 7) is 5.21. The Balaban J connectivity index is 2.50. The number of hydrogen-bond acceptors (Lipinski definition) is 1. The summed E-state index contributed by atoms with van der Waals surface area (Å²) in [5.41, 5.74) is 1.04. The molecule has 0 bridgehead atoms. The van der Waals surface area contributed by atoms with Crippen LogP contribution in [0.1, 0.15) is 32.3 Å². The number of rotatable bonds is 6. The van der Waals surface area contributed by atoms with Crippen LogP contribution < -0.4 is 4.74 Å². The van der Waals surface area contributed by atoms with Gasteiger partial charge in [0.05, 0.1) is 6.61 Å². The molecule has 0 saturated carbocycles. The number of halogens is 2. The molecule has 1 nitrogen and oxygen atoms in total. The van der Waals surface area contributed by atoms with Crippen LogP contribution in [0.25, 0.3) is 0 Å². The second kappa shape index (κ2) is 7.18. The molecular formula is C13H18BrClO.